The lowest BCUT2D eigenvalue weighted by molar-refractivity contribution is -0.385. The molecule has 19 heavy (non-hydrogen) atoms. The third-order valence-corrected chi connectivity index (χ3v) is 3.01. The first-order valence-corrected chi connectivity index (χ1v) is 6.57. The molecular formula is C12H11BrN2O4. The second-order valence-electron chi connectivity index (χ2n) is 3.62. The number of carbonyl (C=O) groups is 1. The molecule has 0 bridgehead atoms. The Morgan fingerprint density at radius 3 is 2.68 bits per heavy atom. The largest absolute Gasteiger partial charge is 0.466 e. The first-order valence-electron chi connectivity index (χ1n) is 5.45. The summed E-state index contributed by atoms with van der Waals surface area (Å²) in [5.41, 5.74) is 0.829. The second-order valence-corrected chi connectivity index (χ2v) is 4.18. The van der Waals surface area contributed by atoms with E-state index < -0.39 is 10.9 Å². The zero-order chi connectivity index (χ0) is 14.4. The molecule has 0 atom stereocenters. The van der Waals surface area contributed by atoms with Crippen LogP contribution in [0.15, 0.2) is 12.1 Å². The smallest absolute Gasteiger partial charge is 0.310 e. The highest BCUT2D eigenvalue weighted by atomic mass is 79.9. The first-order chi connectivity index (χ1) is 9.03. The highest BCUT2D eigenvalue weighted by molar-refractivity contribution is 9.08. The summed E-state index contributed by atoms with van der Waals surface area (Å²) < 4.78 is 4.80. The molecule has 0 saturated heterocycles. The second kappa shape index (κ2) is 6.85. The van der Waals surface area contributed by atoms with Gasteiger partial charge in [-0.15, -0.1) is 0 Å². The summed E-state index contributed by atoms with van der Waals surface area (Å²) in [5, 5.41) is 20.1. The van der Waals surface area contributed by atoms with Gasteiger partial charge in [0, 0.05) is 17.0 Å². The Bertz CT molecular complexity index is 551. The van der Waals surface area contributed by atoms with Gasteiger partial charge in [-0.2, -0.15) is 5.26 Å². The van der Waals surface area contributed by atoms with Gasteiger partial charge in [0.25, 0.3) is 5.69 Å². The lowest BCUT2D eigenvalue weighted by Gasteiger charge is -2.07. The summed E-state index contributed by atoms with van der Waals surface area (Å²) in [6.45, 7) is 1.93. The van der Waals surface area contributed by atoms with Crippen molar-refractivity contribution >= 4 is 27.6 Å². The minimum absolute atomic E-state index is 0.0747. The highest BCUT2D eigenvalue weighted by Crippen LogP contribution is 2.26. The van der Waals surface area contributed by atoms with E-state index >= 15 is 0 Å². The third-order valence-electron chi connectivity index (χ3n) is 2.41. The van der Waals surface area contributed by atoms with E-state index in [4.69, 9.17) is 10.00 Å². The van der Waals surface area contributed by atoms with Crippen molar-refractivity contribution in [1.29, 1.82) is 5.26 Å². The van der Waals surface area contributed by atoms with E-state index in [0.29, 0.717) is 11.1 Å². The van der Waals surface area contributed by atoms with E-state index in [1.54, 1.807) is 6.92 Å². The third kappa shape index (κ3) is 3.76. The number of nitro groups is 1. The van der Waals surface area contributed by atoms with Gasteiger partial charge >= 0.3 is 5.97 Å². The molecule has 0 N–H and O–H groups in total. The van der Waals surface area contributed by atoms with Crippen molar-refractivity contribution < 1.29 is 14.5 Å². The molecule has 0 fully saturated rings. The van der Waals surface area contributed by atoms with Crippen LogP contribution in [-0.2, 0) is 21.3 Å². The van der Waals surface area contributed by atoms with Gasteiger partial charge in [-0.25, -0.2) is 0 Å². The Labute approximate surface area is 118 Å². The number of rotatable bonds is 5. The number of nitriles is 1. The Morgan fingerprint density at radius 2 is 2.21 bits per heavy atom. The normalized spacial score (nSPS) is 9.74. The van der Waals surface area contributed by atoms with Crippen LogP contribution in [0.3, 0.4) is 0 Å². The van der Waals surface area contributed by atoms with E-state index in [2.05, 4.69) is 15.9 Å². The minimum atomic E-state index is -0.550. The Hall–Kier alpha value is -1.94. The average molecular weight is 327 g/mol. The maximum atomic E-state index is 11.4. The molecule has 0 aliphatic carbocycles. The molecule has 6 nitrogen and oxygen atoms in total. The molecule has 0 aliphatic heterocycles. The number of alkyl halides is 1. The van der Waals surface area contributed by atoms with E-state index in [1.165, 1.54) is 12.1 Å². The van der Waals surface area contributed by atoms with Crippen LogP contribution in [0, 0.1) is 21.4 Å². The maximum Gasteiger partial charge on any atom is 0.310 e. The Kier molecular flexibility index (Phi) is 5.45. The molecule has 1 aromatic carbocycles. The van der Waals surface area contributed by atoms with E-state index in [1.807, 2.05) is 6.07 Å². The van der Waals surface area contributed by atoms with Gasteiger partial charge in [0.1, 0.15) is 0 Å². The van der Waals surface area contributed by atoms with Crippen molar-refractivity contribution in [3.8, 4) is 6.07 Å². The molecule has 0 aromatic heterocycles. The van der Waals surface area contributed by atoms with Crippen LogP contribution in [0.25, 0.3) is 0 Å². The van der Waals surface area contributed by atoms with Crippen LogP contribution >= 0.6 is 15.9 Å². The molecule has 0 amide bonds. The Balaban J connectivity index is 3.21. The summed E-state index contributed by atoms with van der Waals surface area (Å²) in [6, 6.07) is 4.54. The van der Waals surface area contributed by atoms with Gasteiger partial charge < -0.3 is 4.74 Å². The number of esters is 1. The van der Waals surface area contributed by atoms with Gasteiger partial charge in [0.2, 0.25) is 0 Å². The molecule has 7 heteroatoms. The lowest BCUT2D eigenvalue weighted by Crippen LogP contribution is -2.09. The van der Waals surface area contributed by atoms with Crippen molar-refractivity contribution in [2.24, 2.45) is 0 Å². The topological polar surface area (TPSA) is 93.2 Å². The molecule has 0 radical (unpaired) electrons. The predicted octanol–water partition coefficient (Wildman–Crippen LogP) is 2.47. The Morgan fingerprint density at radius 1 is 1.53 bits per heavy atom. The summed E-state index contributed by atoms with van der Waals surface area (Å²) in [7, 11) is 0. The van der Waals surface area contributed by atoms with E-state index in [0.717, 1.165) is 0 Å². The zero-order valence-corrected chi connectivity index (χ0v) is 11.8. The standard InChI is InChI=1S/C12H11BrN2O4/c1-2-19-12(16)5-8-3-9(6-13)11(15(17)18)4-10(8)7-14/h3-4H,2,5-6H2,1H3. The number of carbonyl (C=O) groups excluding carboxylic acids is 1. The lowest BCUT2D eigenvalue weighted by atomic mass is 10.0. The van der Waals surface area contributed by atoms with Crippen molar-refractivity contribution in [2.45, 2.75) is 18.7 Å². The number of halogens is 1. The fourth-order valence-electron chi connectivity index (χ4n) is 1.58. The van der Waals surface area contributed by atoms with Crippen molar-refractivity contribution in [2.75, 3.05) is 6.61 Å². The molecule has 0 heterocycles. The molecule has 0 saturated carbocycles. The molecule has 0 spiro atoms. The molecule has 100 valence electrons. The van der Waals surface area contributed by atoms with Gasteiger partial charge in [0.05, 0.1) is 29.6 Å². The quantitative estimate of drug-likeness (QED) is 0.358. The van der Waals surface area contributed by atoms with Crippen molar-refractivity contribution in [1.82, 2.24) is 0 Å². The fourth-order valence-corrected chi connectivity index (χ4v) is 2.03. The SMILES string of the molecule is CCOC(=O)Cc1cc(CBr)c([N+](=O)[O-])cc1C#N. The average Bonchev–Trinajstić information content (AvgIpc) is 2.38. The molecule has 1 aromatic rings. The summed E-state index contributed by atoms with van der Waals surface area (Å²) in [6.07, 6.45) is -0.0747. The van der Waals surface area contributed by atoms with Crippen LogP contribution < -0.4 is 0 Å². The van der Waals surface area contributed by atoms with Crippen LogP contribution in [0.1, 0.15) is 23.6 Å². The van der Waals surface area contributed by atoms with Crippen molar-refractivity contribution in [3.63, 3.8) is 0 Å². The van der Waals surface area contributed by atoms with Crippen LogP contribution in [0.2, 0.25) is 0 Å². The number of benzene rings is 1. The monoisotopic (exact) mass is 326 g/mol. The summed E-state index contributed by atoms with van der Waals surface area (Å²) >= 11 is 3.15. The zero-order valence-electron chi connectivity index (χ0n) is 10.2. The summed E-state index contributed by atoms with van der Waals surface area (Å²) in [5.74, 6) is -0.464. The fraction of sp³-hybridized carbons (Fsp3) is 0.333. The molecule has 1 rings (SSSR count). The number of hydrogen-bond acceptors (Lipinski definition) is 5. The first kappa shape index (κ1) is 15.1. The predicted molar refractivity (Wildman–Crippen MR) is 70.8 cm³/mol. The van der Waals surface area contributed by atoms with Crippen LogP contribution in [-0.4, -0.2) is 17.5 Å². The van der Waals surface area contributed by atoms with Gasteiger partial charge in [-0.05, 0) is 18.6 Å². The van der Waals surface area contributed by atoms with E-state index in [-0.39, 0.29) is 29.6 Å². The summed E-state index contributed by atoms with van der Waals surface area (Å²) in [4.78, 5) is 21.7. The number of nitro benzene ring substituents is 1. The highest BCUT2D eigenvalue weighted by Gasteiger charge is 2.19. The number of nitrogens with zero attached hydrogens (tertiary/aromatic N) is 2. The van der Waals surface area contributed by atoms with E-state index in [9.17, 15) is 14.9 Å². The van der Waals surface area contributed by atoms with Gasteiger partial charge in [-0.3, -0.25) is 14.9 Å². The van der Waals surface area contributed by atoms with Crippen LogP contribution in [0.5, 0.6) is 0 Å². The van der Waals surface area contributed by atoms with Gasteiger partial charge in [-0.1, -0.05) is 15.9 Å². The number of hydrogen-bond donors (Lipinski definition) is 0. The molecule has 0 aliphatic rings. The number of ether oxygens (including phenoxy) is 1. The van der Waals surface area contributed by atoms with Crippen molar-refractivity contribution in [3.05, 3.63) is 38.9 Å². The van der Waals surface area contributed by atoms with Crippen LogP contribution in [0.4, 0.5) is 5.69 Å². The minimum Gasteiger partial charge on any atom is -0.466 e. The maximum absolute atomic E-state index is 11.4. The molecule has 0 unspecified atom stereocenters. The van der Waals surface area contributed by atoms with Gasteiger partial charge in [0.15, 0.2) is 0 Å². The molecular weight excluding hydrogens is 316 g/mol.